The maximum atomic E-state index is 5.98. The highest BCUT2D eigenvalue weighted by Crippen LogP contribution is 2.41. The van der Waals surface area contributed by atoms with Gasteiger partial charge in [-0.25, -0.2) is 0 Å². The second kappa shape index (κ2) is 3.97. The highest BCUT2D eigenvalue weighted by atomic mass is 16.5. The fourth-order valence-corrected chi connectivity index (χ4v) is 3.00. The number of hydrogen-bond donors (Lipinski definition) is 1. The number of hydrogen-bond acceptors (Lipinski definition) is 2. The Hall–Kier alpha value is -0.0800. The fraction of sp³-hybridized carbons (Fsp3) is 1.00. The molecule has 1 spiro atoms. The van der Waals surface area contributed by atoms with Crippen LogP contribution in [-0.2, 0) is 4.74 Å². The van der Waals surface area contributed by atoms with Crippen LogP contribution >= 0.6 is 0 Å². The van der Waals surface area contributed by atoms with Crippen molar-refractivity contribution in [3.63, 3.8) is 0 Å². The average molecular weight is 183 g/mol. The topological polar surface area (TPSA) is 35.2 Å². The van der Waals surface area contributed by atoms with E-state index in [9.17, 15) is 0 Å². The summed E-state index contributed by atoms with van der Waals surface area (Å²) >= 11 is 0. The van der Waals surface area contributed by atoms with Crippen LogP contribution in [0.25, 0.3) is 0 Å². The molecule has 2 nitrogen and oxygen atoms in total. The molecule has 76 valence electrons. The Labute approximate surface area is 80.8 Å². The summed E-state index contributed by atoms with van der Waals surface area (Å²) in [5.41, 5.74) is 6.01. The summed E-state index contributed by atoms with van der Waals surface area (Å²) in [4.78, 5) is 0. The van der Waals surface area contributed by atoms with Crippen LogP contribution in [0.1, 0.15) is 44.9 Å². The Morgan fingerprint density at radius 2 is 1.85 bits per heavy atom. The Balaban J connectivity index is 2.06. The van der Waals surface area contributed by atoms with Gasteiger partial charge in [-0.3, -0.25) is 0 Å². The van der Waals surface area contributed by atoms with E-state index < -0.39 is 0 Å². The van der Waals surface area contributed by atoms with Crippen LogP contribution in [0.3, 0.4) is 0 Å². The van der Waals surface area contributed by atoms with Crippen molar-refractivity contribution in [1.82, 2.24) is 0 Å². The second-order valence-electron chi connectivity index (χ2n) is 4.55. The first-order valence-corrected chi connectivity index (χ1v) is 5.71. The van der Waals surface area contributed by atoms with Gasteiger partial charge in [0.05, 0.1) is 5.60 Å². The van der Waals surface area contributed by atoms with Crippen LogP contribution in [0.15, 0.2) is 0 Å². The Bertz CT molecular complexity index is 161. The van der Waals surface area contributed by atoms with E-state index in [1.807, 2.05) is 0 Å². The summed E-state index contributed by atoms with van der Waals surface area (Å²) in [6.07, 6.45) is 9.18. The normalized spacial score (nSPS) is 33.5. The quantitative estimate of drug-likeness (QED) is 0.675. The molecule has 1 atom stereocenters. The van der Waals surface area contributed by atoms with Crippen molar-refractivity contribution < 1.29 is 4.74 Å². The maximum absolute atomic E-state index is 5.98. The molecule has 2 heteroatoms. The molecule has 1 aliphatic heterocycles. The zero-order valence-electron chi connectivity index (χ0n) is 8.43. The van der Waals surface area contributed by atoms with E-state index in [4.69, 9.17) is 10.5 Å². The molecule has 0 bridgehead atoms. The molecule has 0 aromatic rings. The summed E-state index contributed by atoms with van der Waals surface area (Å²) in [5.74, 6) is 0.644. The van der Waals surface area contributed by atoms with Gasteiger partial charge >= 0.3 is 0 Å². The molecular weight excluding hydrogens is 162 g/mol. The average Bonchev–Trinajstić information content (AvgIpc) is 2.37. The Morgan fingerprint density at radius 3 is 2.46 bits per heavy atom. The van der Waals surface area contributed by atoms with Crippen molar-refractivity contribution in [3.05, 3.63) is 0 Å². The molecule has 1 saturated heterocycles. The molecule has 2 N–H and O–H groups in total. The largest absolute Gasteiger partial charge is 0.375 e. The zero-order valence-corrected chi connectivity index (χ0v) is 8.43. The first-order chi connectivity index (χ1) is 6.37. The van der Waals surface area contributed by atoms with Crippen molar-refractivity contribution in [1.29, 1.82) is 0 Å². The predicted octanol–water partition coefficient (Wildman–Crippen LogP) is 2.07. The molecule has 1 aliphatic carbocycles. The number of rotatable bonds is 1. The second-order valence-corrected chi connectivity index (χ2v) is 4.55. The minimum absolute atomic E-state index is 0.200. The Morgan fingerprint density at radius 1 is 1.15 bits per heavy atom. The van der Waals surface area contributed by atoms with Gasteiger partial charge in [-0.1, -0.05) is 25.7 Å². The van der Waals surface area contributed by atoms with Crippen LogP contribution in [0.2, 0.25) is 0 Å². The van der Waals surface area contributed by atoms with Gasteiger partial charge in [0, 0.05) is 12.5 Å². The summed E-state index contributed by atoms with van der Waals surface area (Å²) in [5, 5.41) is 0. The molecule has 0 amide bonds. The molecule has 1 heterocycles. The van der Waals surface area contributed by atoms with Crippen molar-refractivity contribution in [2.75, 3.05) is 13.2 Å². The van der Waals surface area contributed by atoms with Gasteiger partial charge in [-0.15, -0.1) is 0 Å². The lowest BCUT2D eigenvalue weighted by atomic mass is 9.81. The van der Waals surface area contributed by atoms with Gasteiger partial charge in [0.25, 0.3) is 0 Å². The molecule has 1 unspecified atom stereocenters. The van der Waals surface area contributed by atoms with E-state index in [1.54, 1.807) is 0 Å². The smallest absolute Gasteiger partial charge is 0.0723 e. The van der Waals surface area contributed by atoms with E-state index >= 15 is 0 Å². The van der Waals surface area contributed by atoms with E-state index in [1.165, 1.54) is 44.9 Å². The summed E-state index contributed by atoms with van der Waals surface area (Å²) in [6, 6.07) is 0. The Kier molecular flexibility index (Phi) is 2.89. The monoisotopic (exact) mass is 183 g/mol. The molecule has 2 aliphatic rings. The standard InChI is InChI=1S/C11H21NO/c12-9-10-5-8-13-11(10)6-3-1-2-4-7-11/h10H,1-9,12H2. The van der Waals surface area contributed by atoms with E-state index in [0.717, 1.165) is 13.2 Å². The first kappa shape index (κ1) is 9.47. The van der Waals surface area contributed by atoms with Gasteiger partial charge in [0.15, 0.2) is 0 Å². The molecular formula is C11H21NO. The SMILES string of the molecule is NCC1CCOC12CCCCCC2. The minimum atomic E-state index is 0.200. The van der Waals surface area contributed by atoms with Crippen molar-refractivity contribution in [2.24, 2.45) is 11.7 Å². The van der Waals surface area contributed by atoms with Crippen molar-refractivity contribution >= 4 is 0 Å². The number of ether oxygens (including phenoxy) is 1. The predicted molar refractivity (Wildman–Crippen MR) is 53.5 cm³/mol. The van der Waals surface area contributed by atoms with Gasteiger partial charge in [-0.2, -0.15) is 0 Å². The third kappa shape index (κ3) is 1.75. The number of nitrogens with two attached hydrogens (primary N) is 1. The van der Waals surface area contributed by atoms with Gasteiger partial charge < -0.3 is 10.5 Å². The molecule has 0 radical (unpaired) electrons. The fourth-order valence-electron chi connectivity index (χ4n) is 3.00. The van der Waals surface area contributed by atoms with Gasteiger partial charge in [0.2, 0.25) is 0 Å². The van der Waals surface area contributed by atoms with E-state index in [0.29, 0.717) is 5.92 Å². The van der Waals surface area contributed by atoms with Crippen LogP contribution in [0.5, 0.6) is 0 Å². The van der Waals surface area contributed by atoms with Gasteiger partial charge in [0.1, 0.15) is 0 Å². The van der Waals surface area contributed by atoms with Crippen LogP contribution in [0.4, 0.5) is 0 Å². The third-order valence-corrected chi connectivity index (χ3v) is 3.83. The van der Waals surface area contributed by atoms with Crippen molar-refractivity contribution in [3.8, 4) is 0 Å². The third-order valence-electron chi connectivity index (χ3n) is 3.83. The summed E-state index contributed by atoms with van der Waals surface area (Å²) in [6.45, 7) is 1.77. The first-order valence-electron chi connectivity index (χ1n) is 5.71. The van der Waals surface area contributed by atoms with Crippen LogP contribution in [0, 0.1) is 5.92 Å². The zero-order chi connectivity index (χ0) is 9.15. The highest BCUT2D eigenvalue weighted by Gasteiger charge is 2.42. The summed E-state index contributed by atoms with van der Waals surface area (Å²) in [7, 11) is 0. The van der Waals surface area contributed by atoms with Crippen LogP contribution < -0.4 is 5.73 Å². The lowest BCUT2D eigenvalue weighted by molar-refractivity contribution is -0.0317. The van der Waals surface area contributed by atoms with Crippen LogP contribution in [-0.4, -0.2) is 18.8 Å². The molecule has 2 rings (SSSR count). The van der Waals surface area contributed by atoms with Gasteiger partial charge in [-0.05, 0) is 25.8 Å². The lowest BCUT2D eigenvalue weighted by Gasteiger charge is -2.32. The molecule has 1 saturated carbocycles. The molecule has 0 aromatic carbocycles. The van der Waals surface area contributed by atoms with E-state index in [2.05, 4.69) is 0 Å². The summed E-state index contributed by atoms with van der Waals surface area (Å²) < 4.78 is 5.98. The highest BCUT2D eigenvalue weighted by molar-refractivity contribution is 4.94. The van der Waals surface area contributed by atoms with Crippen molar-refractivity contribution in [2.45, 2.75) is 50.5 Å². The minimum Gasteiger partial charge on any atom is -0.375 e. The lowest BCUT2D eigenvalue weighted by Crippen LogP contribution is -2.38. The maximum Gasteiger partial charge on any atom is 0.0723 e. The van der Waals surface area contributed by atoms with E-state index in [-0.39, 0.29) is 5.60 Å². The molecule has 0 aromatic heterocycles. The molecule has 13 heavy (non-hydrogen) atoms. The molecule has 2 fully saturated rings.